The molecule has 0 aliphatic rings. The Morgan fingerprint density at radius 2 is 1.70 bits per heavy atom. The fourth-order valence-corrected chi connectivity index (χ4v) is 3.85. The number of hydrogen-bond acceptors (Lipinski definition) is 4. The van der Waals surface area contributed by atoms with Crippen molar-refractivity contribution in [1.82, 2.24) is 9.21 Å². The first kappa shape index (κ1) is 20.9. The van der Waals surface area contributed by atoms with Gasteiger partial charge in [-0.15, -0.1) is 0 Å². The van der Waals surface area contributed by atoms with Gasteiger partial charge in [0, 0.05) is 33.3 Å². The Labute approximate surface area is 161 Å². The normalized spacial score (nSPS) is 11.5. The minimum Gasteiger partial charge on any atom is -0.495 e. The van der Waals surface area contributed by atoms with Crippen molar-refractivity contribution in [2.45, 2.75) is 25.3 Å². The quantitative estimate of drug-likeness (QED) is 0.761. The molecule has 0 aromatic heterocycles. The van der Waals surface area contributed by atoms with Crippen LogP contribution in [-0.4, -0.2) is 51.8 Å². The van der Waals surface area contributed by atoms with Gasteiger partial charge in [-0.05, 0) is 43.2 Å². The number of nitrogens with zero attached hydrogens (tertiary/aromatic N) is 2. The summed E-state index contributed by atoms with van der Waals surface area (Å²) in [4.78, 5) is 14.4. The topological polar surface area (TPSA) is 66.9 Å². The zero-order valence-corrected chi connectivity index (χ0v) is 17.4. The lowest BCUT2D eigenvalue weighted by atomic mass is 10.1. The predicted molar refractivity (Wildman–Crippen MR) is 106 cm³/mol. The van der Waals surface area contributed by atoms with Gasteiger partial charge in [-0.2, -0.15) is 0 Å². The van der Waals surface area contributed by atoms with Crippen LogP contribution < -0.4 is 4.74 Å². The molecule has 0 spiro atoms. The van der Waals surface area contributed by atoms with Crippen LogP contribution in [0.25, 0.3) is 0 Å². The highest BCUT2D eigenvalue weighted by molar-refractivity contribution is 7.89. The number of carbonyl (C=O) groups excluding carboxylic acids is 1. The van der Waals surface area contributed by atoms with Gasteiger partial charge in [0.05, 0.1) is 7.11 Å². The van der Waals surface area contributed by atoms with E-state index in [0.29, 0.717) is 12.1 Å². The lowest BCUT2D eigenvalue weighted by Gasteiger charge is -2.20. The van der Waals surface area contributed by atoms with E-state index in [-0.39, 0.29) is 16.6 Å². The van der Waals surface area contributed by atoms with E-state index in [2.05, 4.69) is 6.07 Å². The summed E-state index contributed by atoms with van der Waals surface area (Å²) in [5.74, 6) is -0.0508. The molecule has 0 N–H and O–H groups in total. The Morgan fingerprint density at radius 1 is 1.04 bits per heavy atom. The van der Waals surface area contributed by atoms with Gasteiger partial charge in [0.1, 0.15) is 10.6 Å². The summed E-state index contributed by atoms with van der Waals surface area (Å²) in [6.45, 7) is 4.47. The van der Waals surface area contributed by atoms with Crippen LogP contribution in [0.5, 0.6) is 5.75 Å². The average molecular weight is 391 g/mol. The second kappa shape index (κ2) is 8.10. The summed E-state index contributed by atoms with van der Waals surface area (Å²) in [6, 6.07) is 10.5. The standard InChI is InChI=1S/C20H26N2O4S/c1-14-7-8-17(15(2)11-14)13-22(5)20(23)16-9-10-18(26-6)19(12-16)27(24,25)21(3)4/h7-12H,13H2,1-6H3. The van der Waals surface area contributed by atoms with Crippen LogP contribution in [0.15, 0.2) is 41.3 Å². The van der Waals surface area contributed by atoms with Crippen molar-refractivity contribution in [2.24, 2.45) is 0 Å². The molecule has 0 bridgehead atoms. The van der Waals surface area contributed by atoms with Crippen LogP contribution in [0.1, 0.15) is 27.0 Å². The lowest BCUT2D eigenvalue weighted by Crippen LogP contribution is -2.27. The number of carbonyl (C=O) groups is 1. The molecular formula is C20H26N2O4S. The molecule has 27 heavy (non-hydrogen) atoms. The summed E-state index contributed by atoms with van der Waals surface area (Å²) >= 11 is 0. The molecule has 0 heterocycles. The number of benzene rings is 2. The Kier molecular flexibility index (Phi) is 6.28. The molecule has 2 aromatic carbocycles. The van der Waals surface area contributed by atoms with Gasteiger partial charge in [0.2, 0.25) is 10.0 Å². The zero-order chi connectivity index (χ0) is 20.4. The van der Waals surface area contributed by atoms with Gasteiger partial charge < -0.3 is 9.64 Å². The van der Waals surface area contributed by atoms with Crippen molar-refractivity contribution in [2.75, 3.05) is 28.3 Å². The first-order valence-electron chi connectivity index (χ1n) is 8.50. The third kappa shape index (κ3) is 4.48. The number of methoxy groups -OCH3 is 1. The summed E-state index contributed by atoms with van der Waals surface area (Å²) in [5.41, 5.74) is 3.62. The Morgan fingerprint density at radius 3 is 2.26 bits per heavy atom. The Bertz CT molecular complexity index is 952. The van der Waals surface area contributed by atoms with Gasteiger partial charge >= 0.3 is 0 Å². The van der Waals surface area contributed by atoms with Crippen LogP contribution in [-0.2, 0) is 16.6 Å². The van der Waals surface area contributed by atoms with Crippen molar-refractivity contribution in [1.29, 1.82) is 0 Å². The fourth-order valence-electron chi connectivity index (χ4n) is 2.78. The molecule has 146 valence electrons. The smallest absolute Gasteiger partial charge is 0.253 e. The van der Waals surface area contributed by atoms with Gasteiger partial charge in [-0.3, -0.25) is 4.79 Å². The SMILES string of the molecule is COc1ccc(C(=O)N(C)Cc2ccc(C)cc2C)cc1S(=O)(=O)N(C)C. The van der Waals surface area contributed by atoms with Gasteiger partial charge in [0.15, 0.2) is 0 Å². The van der Waals surface area contributed by atoms with Gasteiger partial charge in [0.25, 0.3) is 5.91 Å². The van der Waals surface area contributed by atoms with Crippen LogP contribution in [0, 0.1) is 13.8 Å². The zero-order valence-electron chi connectivity index (χ0n) is 16.6. The van der Waals surface area contributed by atoms with E-state index in [4.69, 9.17) is 4.74 Å². The highest BCUT2D eigenvalue weighted by Gasteiger charge is 2.24. The maximum atomic E-state index is 12.9. The number of ether oxygens (including phenoxy) is 1. The van der Waals surface area contributed by atoms with E-state index in [1.807, 2.05) is 26.0 Å². The van der Waals surface area contributed by atoms with E-state index < -0.39 is 10.0 Å². The van der Waals surface area contributed by atoms with Crippen molar-refractivity contribution in [3.63, 3.8) is 0 Å². The molecule has 0 unspecified atom stereocenters. The monoisotopic (exact) mass is 390 g/mol. The molecule has 6 nitrogen and oxygen atoms in total. The second-order valence-corrected chi connectivity index (χ2v) is 8.86. The molecule has 2 rings (SSSR count). The lowest BCUT2D eigenvalue weighted by molar-refractivity contribution is 0.0784. The minimum absolute atomic E-state index is 0.0271. The molecule has 0 aliphatic heterocycles. The molecule has 0 fully saturated rings. The van der Waals surface area contributed by atoms with Crippen molar-refractivity contribution >= 4 is 15.9 Å². The number of rotatable bonds is 6. The van der Waals surface area contributed by atoms with Crippen LogP contribution in [0.2, 0.25) is 0 Å². The Balaban J connectivity index is 2.35. The van der Waals surface area contributed by atoms with Crippen LogP contribution >= 0.6 is 0 Å². The van der Waals surface area contributed by atoms with E-state index in [1.165, 1.54) is 38.9 Å². The fraction of sp³-hybridized carbons (Fsp3) is 0.350. The highest BCUT2D eigenvalue weighted by Crippen LogP contribution is 2.27. The molecule has 0 aliphatic carbocycles. The summed E-state index contributed by atoms with van der Waals surface area (Å²) in [6.07, 6.45) is 0. The predicted octanol–water partition coefficient (Wildman–Crippen LogP) is 2.83. The Hall–Kier alpha value is -2.38. The van der Waals surface area contributed by atoms with Crippen molar-refractivity contribution in [3.8, 4) is 5.75 Å². The van der Waals surface area contributed by atoms with E-state index >= 15 is 0 Å². The molecular weight excluding hydrogens is 364 g/mol. The van der Waals surface area contributed by atoms with Gasteiger partial charge in [-0.25, -0.2) is 12.7 Å². The number of amides is 1. The first-order valence-corrected chi connectivity index (χ1v) is 9.94. The van der Waals surface area contributed by atoms with Crippen molar-refractivity contribution in [3.05, 3.63) is 58.7 Å². The average Bonchev–Trinajstić information content (AvgIpc) is 2.62. The van der Waals surface area contributed by atoms with Crippen LogP contribution in [0.4, 0.5) is 0 Å². The number of aryl methyl sites for hydroxylation is 2. The van der Waals surface area contributed by atoms with E-state index in [0.717, 1.165) is 15.4 Å². The second-order valence-electron chi connectivity index (χ2n) is 6.74. The molecule has 0 saturated carbocycles. The number of sulfonamides is 1. The number of hydrogen-bond donors (Lipinski definition) is 0. The molecule has 7 heteroatoms. The van der Waals surface area contributed by atoms with Crippen LogP contribution in [0.3, 0.4) is 0 Å². The summed E-state index contributed by atoms with van der Waals surface area (Å²) in [5, 5.41) is 0. The van der Waals surface area contributed by atoms with Crippen molar-refractivity contribution < 1.29 is 17.9 Å². The summed E-state index contributed by atoms with van der Waals surface area (Å²) < 4.78 is 31.4. The van der Waals surface area contributed by atoms with E-state index in [9.17, 15) is 13.2 Å². The maximum absolute atomic E-state index is 12.9. The first-order chi connectivity index (χ1) is 12.6. The summed E-state index contributed by atoms with van der Waals surface area (Å²) in [7, 11) is 2.25. The molecule has 1 amide bonds. The van der Waals surface area contributed by atoms with Gasteiger partial charge in [-0.1, -0.05) is 23.8 Å². The minimum atomic E-state index is -3.73. The van der Waals surface area contributed by atoms with E-state index in [1.54, 1.807) is 18.0 Å². The molecule has 0 saturated heterocycles. The third-order valence-electron chi connectivity index (χ3n) is 4.42. The maximum Gasteiger partial charge on any atom is 0.253 e. The molecule has 0 radical (unpaired) electrons. The highest BCUT2D eigenvalue weighted by atomic mass is 32.2. The third-order valence-corrected chi connectivity index (χ3v) is 6.26. The molecule has 0 atom stereocenters. The largest absolute Gasteiger partial charge is 0.495 e. The molecule has 2 aromatic rings.